The minimum absolute atomic E-state index is 0.0243. The number of rotatable bonds is 5. The van der Waals surface area contributed by atoms with Gasteiger partial charge >= 0.3 is 0 Å². The average Bonchev–Trinajstić information content (AvgIpc) is 3.01. The highest BCUT2D eigenvalue weighted by Crippen LogP contribution is 2.14. The zero-order valence-corrected chi connectivity index (χ0v) is 14.5. The van der Waals surface area contributed by atoms with Crippen LogP contribution in [0.25, 0.3) is 0 Å². The number of ketones is 1. The summed E-state index contributed by atoms with van der Waals surface area (Å²) >= 11 is 6.00. The number of amides is 1. The van der Waals surface area contributed by atoms with Crippen LogP contribution in [0.5, 0.6) is 0 Å². The lowest BCUT2D eigenvalue weighted by Gasteiger charge is -2.14. The van der Waals surface area contributed by atoms with E-state index in [0.717, 1.165) is 5.56 Å². The quantitative estimate of drug-likeness (QED) is 0.809. The molecule has 3 rings (SSSR count). The van der Waals surface area contributed by atoms with Gasteiger partial charge in [0.15, 0.2) is 5.78 Å². The SMILES string of the molecule is CC(=O)c1ccc(C(=O)NC2=CN(Cc3cccc(Cl)c3)CN2)cc1. The van der Waals surface area contributed by atoms with E-state index in [1.54, 1.807) is 24.3 Å². The van der Waals surface area contributed by atoms with Crippen molar-refractivity contribution in [3.8, 4) is 0 Å². The van der Waals surface area contributed by atoms with Gasteiger partial charge in [-0.25, -0.2) is 0 Å². The molecule has 0 saturated heterocycles. The van der Waals surface area contributed by atoms with E-state index >= 15 is 0 Å². The second-order valence-corrected chi connectivity index (χ2v) is 6.28. The lowest BCUT2D eigenvalue weighted by atomic mass is 10.1. The molecule has 5 nitrogen and oxygen atoms in total. The maximum absolute atomic E-state index is 12.3. The van der Waals surface area contributed by atoms with Crippen molar-refractivity contribution in [2.45, 2.75) is 13.5 Å². The van der Waals surface area contributed by atoms with Crippen molar-refractivity contribution in [3.05, 3.63) is 82.3 Å². The van der Waals surface area contributed by atoms with Gasteiger partial charge < -0.3 is 15.5 Å². The van der Waals surface area contributed by atoms with Crippen molar-refractivity contribution >= 4 is 23.3 Å². The lowest BCUT2D eigenvalue weighted by Crippen LogP contribution is -2.29. The number of carbonyl (C=O) groups excluding carboxylic acids is 2. The van der Waals surface area contributed by atoms with Crippen LogP contribution in [0.4, 0.5) is 0 Å². The van der Waals surface area contributed by atoms with Crippen molar-refractivity contribution in [2.24, 2.45) is 0 Å². The molecule has 0 spiro atoms. The number of Topliss-reactive ketones (excluding diaryl/α,β-unsaturated/α-hetero) is 1. The van der Waals surface area contributed by atoms with Crippen LogP contribution in [0.15, 0.2) is 60.6 Å². The molecule has 128 valence electrons. The van der Waals surface area contributed by atoms with Gasteiger partial charge in [-0.2, -0.15) is 0 Å². The van der Waals surface area contributed by atoms with Gasteiger partial charge in [-0.15, -0.1) is 0 Å². The third-order valence-corrected chi connectivity index (χ3v) is 4.10. The Balaban J connectivity index is 1.61. The molecule has 6 heteroatoms. The Labute approximate surface area is 151 Å². The third-order valence-electron chi connectivity index (χ3n) is 3.86. The normalized spacial score (nSPS) is 13.2. The summed E-state index contributed by atoms with van der Waals surface area (Å²) in [6.45, 7) is 2.79. The van der Waals surface area contributed by atoms with E-state index in [4.69, 9.17) is 11.6 Å². The molecule has 0 fully saturated rings. The molecule has 2 aromatic rings. The topological polar surface area (TPSA) is 61.4 Å². The summed E-state index contributed by atoms with van der Waals surface area (Å²) < 4.78 is 0. The Morgan fingerprint density at radius 3 is 2.56 bits per heavy atom. The molecule has 2 aromatic carbocycles. The largest absolute Gasteiger partial charge is 0.353 e. The van der Waals surface area contributed by atoms with Crippen molar-refractivity contribution < 1.29 is 9.59 Å². The Hall–Kier alpha value is -2.79. The van der Waals surface area contributed by atoms with Crippen molar-refractivity contribution in [1.29, 1.82) is 0 Å². The Morgan fingerprint density at radius 1 is 1.16 bits per heavy atom. The smallest absolute Gasteiger partial charge is 0.256 e. The third kappa shape index (κ3) is 4.39. The molecule has 1 heterocycles. The summed E-state index contributed by atoms with van der Waals surface area (Å²) in [5.74, 6) is 0.393. The molecular weight excluding hydrogens is 338 g/mol. The number of hydrogen-bond acceptors (Lipinski definition) is 4. The second kappa shape index (κ2) is 7.40. The van der Waals surface area contributed by atoms with Crippen LogP contribution in [-0.4, -0.2) is 23.3 Å². The molecule has 0 aromatic heterocycles. The van der Waals surface area contributed by atoms with Crippen LogP contribution in [0.2, 0.25) is 5.02 Å². The van der Waals surface area contributed by atoms with Crippen LogP contribution in [0, 0.1) is 0 Å². The summed E-state index contributed by atoms with van der Waals surface area (Å²) in [5.41, 5.74) is 2.18. The first-order valence-corrected chi connectivity index (χ1v) is 8.25. The van der Waals surface area contributed by atoms with E-state index in [-0.39, 0.29) is 11.7 Å². The van der Waals surface area contributed by atoms with Crippen molar-refractivity contribution in [1.82, 2.24) is 15.5 Å². The minimum atomic E-state index is -0.224. The molecule has 0 radical (unpaired) electrons. The molecule has 1 amide bonds. The van der Waals surface area contributed by atoms with Gasteiger partial charge in [0.1, 0.15) is 5.82 Å². The fourth-order valence-electron chi connectivity index (χ4n) is 2.56. The van der Waals surface area contributed by atoms with Gasteiger partial charge in [0.2, 0.25) is 0 Å². The number of hydrogen-bond donors (Lipinski definition) is 2. The minimum Gasteiger partial charge on any atom is -0.353 e. The summed E-state index contributed by atoms with van der Waals surface area (Å²) in [6, 6.07) is 14.3. The van der Waals surface area contributed by atoms with Crippen LogP contribution >= 0.6 is 11.6 Å². The second-order valence-electron chi connectivity index (χ2n) is 5.84. The number of benzene rings is 2. The predicted molar refractivity (Wildman–Crippen MR) is 97.0 cm³/mol. The molecule has 0 atom stereocenters. The fourth-order valence-corrected chi connectivity index (χ4v) is 2.77. The number of nitrogens with zero attached hydrogens (tertiary/aromatic N) is 1. The Bertz CT molecular complexity index is 831. The number of nitrogens with one attached hydrogen (secondary N) is 2. The molecule has 25 heavy (non-hydrogen) atoms. The van der Waals surface area contributed by atoms with Crippen LogP contribution in [0.3, 0.4) is 0 Å². The summed E-state index contributed by atoms with van der Waals surface area (Å²) in [4.78, 5) is 25.6. The van der Waals surface area contributed by atoms with Gasteiger partial charge in [0, 0.05) is 28.9 Å². The van der Waals surface area contributed by atoms with E-state index in [0.29, 0.717) is 35.2 Å². The first-order valence-electron chi connectivity index (χ1n) is 7.88. The first-order chi connectivity index (χ1) is 12.0. The Morgan fingerprint density at radius 2 is 1.88 bits per heavy atom. The number of carbonyl (C=O) groups is 2. The van der Waals surface area contributed by atoms with Crippen molar-refractivity contribution in [3.63, 3.8) is 0 Å². The Kier molecular flexibility index (Phi) is 5.05. The van der Waals surface area contributed by atoms with Gasteiger partial charge in [-0.05, 0) is 36.8 Å². The van der Waals surface area contributed by atoms with E-state index in [9.17, 15) is 9.59 Å². The summed E-state index contributed by atoms with van der Waals surface area (Å²) in [6.07, 6.45) is 1.86. The lowest BCUT2D eigenvalue weighted by molar-refractivity contribution is 0.0961. The fraction of sp³-hybridized carbons (Fsp3) is 0.158. The molecule has 1 aliphatic heterocycles. The highest BCUT2D eigenvalue weighted by molar-refractivity contribution is 6.30. The maximum atomic E-state index is 12.3. The maximum Gasteiger partial charge on any atom is 0.256 e. The summed E-state index contributed by atoms with van der Waals surface area (Å²) in [7, 11) is 0. The van der Waals surface area contributed by atoms with E-state index in [1.165, 1.54) is 6.92 Å². The van der Waals surface area contributed by atoms with Gasteiger partial charge in [0.05, 0.1) is 6.67 Å². The molecule has 0 aliphatic carbocycles. The van der Waals surface area contributed by atoms with E-state index in [2.05, 4.69) is 10.6 Å². The van der Waals surface area contributed by atoms with Crippen LogP contribution in [0.1, 0.15) is 33.2 Å². The van der Waals surface area contributed by atoms with Gasteiger partial charge in [0.25, 0.3) is 5.91 Å². The standard InChI is InChI=1S/C19H18ClN3O2/c1-13(24)15-5-7-16(8-6-15)19(25)22-18-11-23(12-21-18)10-14-3-2-4-17(20)9-14/h2-9,11,21H,10,12H2,1H3,(H,22,25). The summed E-state index contributed by atoms with van der Waals surface area (Å²) in [5, 5.41) is 6.67. The predicted octanol–water partition coefficient (Wildman–Crippen LogP) is 3.13. The monoisotopic (exact) mass is 355 g/mol. The molecule has 2 N–H and O–H groups in total. The zero-order valence-electron chi connectivity index (χ0n) is 13.8. The van der Waals surface area contributed by atoms with Gasteiger partial charge in [-0.3, -0.25) is 9.59 Å². The van der Waals surface area contributed by atoms with E-state index in [1.807, 2.05) is 35.4 Å². The zero-order chi connectivity index (χ0) is 17.8. The van der Waals surface area contributed by atoms with Crippen molar-refractivity contribution in [2.75, 3.05) is 6.67 Å². The average molecular weight is 356 g/mol. The highest BCUT2D eigenvalue weighted by atomic mass is 35.5. The van der Waals surface area contributed by atoms with Crippen LogP contribution in [-0.2, 0) is 6.54 Å². The first kappa shape index (κ1) is 17.0. The number of halogens is 1. The highest BCUT2D eigenvalue weighted by Gasteiger charge is 2.15. The molecule has 0 saturated carbocycles. The van der Waals surface area contributed by atoms with Crippen LogP contribution < -0.4 is 10.6 Å². The van der Waals surface area contributed by atoms with Gasteiger partial charge in [-0.1, -0.05) is 35.9 Å². The molecular formula is C19H18ClN3O2. The van der Waals surface area contributed by atoms with E-state index < -0.39 is 0 Å². The molecule has 0 bridgehead atoms. The molecule has 0 unspecified atom stereocenters. The molecule has 1 aliphatic rings.